The number of benzene rings is 1. The van der Waals surface area contributed by atoms with Crippen LogP contribution < -0.4 is 4.90 Å². The number of nitriles is 1. The zero-order valence-corrected chi connectivity index (χ0v) is 19.3. The Morgan fingerprint density at radius 3 is 2.74 bits per heavy atom. The van der Waals surface area contributed by atoms with Gasteiger partial charge in [-0.2, -0.15) is 5.26 Å². The zero-order chi connectivity index (χ0) is 23.2. The molecule has 3 fully saturated rings. The Hall–Kier alpha value is -3.66. The van der Waals surface area contributed by atoms with Crippen LogP contribution >= 0.6 is 0 Å². The van der Waals surface area contributed by atoms with Crippen molar-refractivity contribution in [3.05, 3.63) is 54.0 Å². The number of nitrogens with zero attached hydrogens (tertiary/aromatic N) is 5. The molecule has 7 heteroatoms. The predicted molar refractivity (Wildman–Crippen MR) is 130 cm³/mol. The molecule has 1 aromatic carbocycles. The van der Waals surface area contributed by atoms with E-state index < -0.39 is 0 Å². The maximum Gasteiger partial charge on any atom is 0.409 e. The Morgan fingerprint density at radius 2 is 2.00 bits per heavy atom. The molecule has 2 aliphatic carbocycles. The second-order valence-electron chi connectivity index (χ2n) is 9.60. The van der Waals surface area contributed by atoms with Crippen molar-refractivity contribution in [1.29, 1.82) is 5.26 Å². The second-order valence-corrected chi connectivity index (χ2v) is 9.60. The fourth-order valence-electron chi connectivity index (χ4n) is 5.31. The first-order valence-corrected chi connectivity index (χ1v) is 12.1. The van der Waals surface area contributed by atoms with Crippen LogP contribution in [0.25, 0.3) is 21.9 Å². The number of fused-ring (bicyclic) bond motifs is 1. The number of carbonyl (C=O) groups excluding carboxylic acids is 1. The summed E-state index contributed by atoms with van der Waals surface area (Å²) in [5.41, 5.74) is 3.82. The Kier molecular flexibility index (Phi) is 5.09. The van der Waals surface area contributed by atoms with Gasteiger partial charge in [-0.25, -0.2) is 9.78 Å². The molecular weight excluding hydrogens is 426 g/mol. The third kappa shape index (κ3) is 3.63. The van der Waals surface area contributed by atoms with Crippen LogP contribution in [0.1, 0.15) is 42.9 Å². The SMILES string of the molecule is COC(=O)N1CCN(c2nc(C3CC3)c(-c3cccc4cnccc34)cc2C#N)C[C@H]1C1CC1. The number of aromatic nitrogens is 2. The molecule has 3 heterocycles. The van der Waals surface area contributed by atoms with Crippen molar-refractivity contribution in [3.8, 4) is 17.2 Å². The van der Waals surface area contributed by atoms with Crippen molar-refractivity contribution < 1.29 is 9.53 Å². The molecule has 0 spiro atoms. The molecule has 1 amide bonds. The van der Waals surface area contributed by atoms with Crippen LogP contribution in [-0.2, 0) is 4.74 Å². The van der Waals surface area contributed by atoms with Gasteiger partial charge in [-0.05, 0) is 54.7 Å². The first-order chi connectivity index (χ1) is 16.7. The van der Waals surface area contributed by atoms with Gasteiger partial charge < -0.3 is 14.5 Å². The third-order valence-corrected chi connectivity index (χ3v) is 7.38. The van der Waals surface area contributed by atoms with Gasteiger partial charge >= 0.3 is 6.09 Å². The molecule has 0 radical (unpaired) electrons. The standard InChI is InChI=1S/C27H27N5O2/c1-34-27(33)32-12-11-31(16-24(32)17-5-6-17)26-20(14-28)13-23(25(30-26)18-7-8-18)22-4-2-3-19-15-29-10-9-21(19)22/h2-4,9-10,13,15,17-18,24H,5-8,11-12,16H2,1H3/t24-/m0/s1. The normalized spacial score (nSPS) is 20.3. The summed E-state index contributed by atoms with van der Waals surface area (Å²) in [6.45, 7) is 1.91. The molecule has 0 unspecified atom stereocenters. The number of carbonyl (C=O) groups is 1. The molecule has 172 valence electrons. The van der Waals surface area contributed by atoms with Crippen molar-refractivity contribution in [2.75, 3.05) is 31.6 Å². The van der Waals surface area contributed by atoms with E-state index in [0.717, 1.165) is 59.1 Å². The first-order valence-electron chi connectivity index (χ1n) is 12.1. The van der Waals surface area contributed by atoms with E-state index in [1.165, 1.54) is 7.11 Å². The van der Waals surface area contributed by atoms with Gasteiger partial charge in [0, 0.05) is 48.9 Å². The lowest BCUT2D eigenvalue weighted by Gasteiger charge is -2.41. The topological polar surface area (TPSA) is 82.3 Å². The predicted octanol–water partition coefficient (Wildman–Crippen LogP) is 4.71. The monoisotopic (exact) mass is 453 g/mol. The van der Waals surface area contributed by atoms with Crippen molar-refractivity contribution in [3.63, 3.8) is 0 Å². The largest absolute Gasteiger partial charge is 0.453 e. The van der Waals surface area contributed by atoms with Crippen molar-refractivity contribution >= 4 is 22.7 Å². The number of anilines is 1. The lowest BCUT2D eigenvalue weighted by atomic mass is 9.95. The molecular formula is C27H27N5O2. The first kappa shape index (κ1) is 20.9. The van der Waals surface area contributed by atoms with Crippen LogP contribution in [0.2, 0.25) is 0 Å². The third-order valence-electron chi connectivity index (χ3n) is 7.38. The van der Waals surface area contributed by atoms with Crippen LogP contribution in [0.15, 0.2) is 42.7 Å². The zero-order valence-electron chi connectivity index (χ0n) is 19.3. The van der Waals surface area contributed by atoms with E-state index in [1.807, 2.05) is 35.5 Å². The Morgan fingerprint density at radius 1 is 1.15 bits per heavy atom. The van der Waals surface area contributed by atoms with E-state index in [4.69, 9.17) is 9.72 Å². The summed E-state index contributed by atoms with van der Waals surface area (Å²) in [6, 6.07) is 12.8. The van der Waals surface area contributed by atoms with Gasteiger partial charge in [0.1, 0.15) is 11.9 Å². The second kappa shape index (κ2) is 8.28. The molecule has 1 saturated heterocycles. The summed E-state index contributed by atoms with van der Waals surface area (Å²) in [5, 5.41) is 12.3. The molecule has 34 heavy (non-hydrogen) atoms. The van der Waals surface area contributed by atoms with Gasteiger partial charge in [-0.1, -0.05) is 18.2 Å². The number of ether oxygens (including phenoxy) is 1. The molecule has 3 aliphatic rings. The lowest BCUT2D eigenvalue weighted by molar-refractivity contribution is 0.0933. The Labute approximate surface area is 199 Å². The average Bonchev–Trinajstić information content (AvgIpc) is 3.80. The van der Waals surface area contributed by atoms with Crippen molar-refractivity contribution in [2.24, 2.45) is 5.92 Å². The smallest absolute Gasteiger partial charge is 0.409 e. The van der Waals surface area contributed by atoms with Crippen LogP contribution in [0, 0.1) is 17.2 Å². The molecule has 3 aromatic rings. The molecule has 7 nitrogen and oxygen atoms in total. The minimum atomic E-state index is -0.260. The molecule has 1 aliphatic heterocycles. The molecule has 1 atom stereocenters. The van der Waals surface area contributed by atoms with Crippen molar-refractivity contribution in [2.45, 2.75) is 37.6 Å². The summed E-state index contributed by atoms with van der Waals surface area (Å²) in [7, 11) is 1.44. The minimum Gasteiger partial charge on any atom is -0.453 e. The number of amides is 1. The average molecular weight is 454 g/mol. The Balaban J connectivity index is 1.42. The number of hydrogen-bond acceptors (Lipinski definition) is 6. The lowest BCUT2D eigenvalue weighted by Crippen LogP contribution is -2.56. The van der Waals surface area contributed by atoms with Crippen LogP contribution in [0.3, 0.4) is 0 Å². The highest BCUT2D eigenvalue weighted by Gasteiger charge is 2.42. The van der Waals surface area contributed by atoms with Crippen LogP contribution in [0.4, 0.5) is 10.6 Å². The summed E-state index contributed by atoms with van der Waals surface area (Å²) in [4.78, 5) is 25.9. The van der Waals surface area contributed by atoms with Crippen LogP contribution in [-0.4, -0.2) is 53.7 Å². The summed E-state index contributed by atoms with van der Waals surface area (Å²) >= 11 is 0. The number of methoxy groups -OCH3 is 1. The highest BCUT2D eigenvalue weighted by atomic mass is 16.5. The van der Waals surface area contributed by atoms with Gasteiger partial charge in [0.05, 0.1) is 24.4 Å². The molecule has 2 aromatic heterocycles. The molecule has 2 saturated carbocycles. The number of rotatable bonds is 4. The van der Waals surface area contributed by atoms with E-state index in [2.05, 4.69) is 28.1 Å². The minimum absolute atomic E-state index is 0.101. The van der Waals surface area contributed by atoms with Crippen LogP contribution in [0.5, 0.6) is 0 Å². The Bertz CT molecular complexity index is 1300. The highest BCUT2D eigenvalue weighted by Crippen LogP contribution is 2.46. The van der Waals surface area contributed by atoms with Crippen molar-refractivity contribution in [1.82, 2.24) is 14.9 Å². The number of piperazine rings is 1. The van der Waals surface area contributed by atoms with Gasteiger partial charge in [0.2, 0.25) is 0 Å². The quantitative estimate of drug-likeness (QED) is 0.569. The van der Waals surface area contributed by atoms with E-state index >= 15 is 0 Å². The highest BCUT2D eigenvalue weighted by molar-refractivity contribution is 5.97. The molecule has 6 rings (SSSR count). The van der Waals surface area contributed by atoms with Gasteiger partial charge in [0.15, 0.2) is 0 Å². The summed E-state index contributed by atoms with van der Waals surface area (Å²) in [6.07, 6.45) is 7.94. The number of pyridine rings is 2. The molecule has 0 N–H and O–H groups in total. The maximum atomic E-state index is 12.3. The van der Waals surface area contributed by atoms with E-state index in [9.17, 15) is 10.1 Å². The van der Waals surface area contributed by atoms with E-state index in [-0.39, 0.29) is 12.1 Å². The fourth-order valence-corrected chi connectivity index (χ4v) is 5.31. The fraction of sp³-hybridized carbons (Fsp3) is 0.407. The van der Waals surface area contributed by atoms with E-state index in [1.54, 1.807) is 0 Å². The van der Waals surface area contributed by atoms with Gasteiger partial charge in [-0.3, -0.25) is 4.98 Å². The molecule has 0 bridgehead atoms. The summed E-state index contributed by atoms with van der Waals surface area (Å²) in [5.74, 6) is 1.68. The summed E-state index contributed by atoms with van der Waals surface area (Å²) < 4.78 is 5.04. The van der Waals surface area contributed by atoms with Gasteiger partial charge in [0.25, 0.3) is 0 Å². The number of hydrogen-bond donors (Lipinski definition) is 0. The van der Waals surface area contributed by atoms with E-state index in [0.29, 0.717) is 37.0 Å². The maximum absolute atomic E-state index is 12.3. The van der Waals surface area contributed by atoms with Gasteiger partial charge in [-0.15, -0.1) is 0 Å².